The van der Waals surface area contributed by atoms with Gasteiger partial charge in [0.1, 0.15) is 0 Å². The van der Waals surface area contributed by atoms with Gasteiger partial charge in [-0.05, 0) is 29.9 Å². The smallest absolute Gasteiger partial charge is 0.173 e. The van der Waals surface area contributed by atoms with E-state index in [0.717, 1.165) is 16.9 Å². The first-order valence-corrected chi connectivity index (χ1v) is 6.72. The molecule has 0 N–H and O–H groups in total. The van der Waals surface area contributed by atoms with Crippen LogP contribution in [0.25, 0.3) is 0 Å². The van der Waals surface area contributed by atoms with Gasteiger partial charge < -0.3 is 0 Å². The fraction of sp³-hybridized carbons (Fsp3) is 0.615. The van der Waals surface area contributed by atoms with Crippen LogP contribution in [0, 0.1) is 12.8 Å². The van der Waals surface area contributed by atoms with E-state index in [1.165, 1.54) is 32.1 Å². The summed E-state index contributed by atoms with van der Waals surface area (Å²) in [5.41, 5.74) is 1.15. The van der Waals surface area contributed by atoms with E-state index in [0.29, 0.717) is 11.7 Å². The monoisotopic (exact) mass is 222 g/mol. The molecule has 1 aromatic heterocycles. The van der Waals surface area contributed by atoms with Crippen molar-refractivity contribution in [2.75, 3.05) is 0 Å². The summed E-state index contributed by atoms with van der Waals surface area (Å²) in [5.74, 6) is 1.03. The number of hydrogen-bond donors (Lipinski definition) is 0. The molecule has 1 fully saturated rings. The van der Waals surface area contributed by atoms with Crippen LogP contribution in [0.1, 0.15) is 53.8 Å². The van der Waals surface area contributed by atoms with E-state index in [1.807, 2.05) is 18.4 Å². The highest BCUT2D eigenvalue weighted by Gasteiger charge is 2.19. The fourth-order valence-electron chi connectivity index (χ4n) is 2.40. The highest BCUT2D eigenvalue weighted by atomic mass is 32.1. The Kier molecular flexibility index (Phi) is 3.57. The third kappa shape index (κ3) is 2.69. The van der Waals surface area contributed by atoms with E-state index < -0.39 is 0 Å². The van der Waals surface area contributed by atoms with Crippen LogP contribution in [0.15, 0.2) is 11.4 Å². The Hall–Kier alpha value is -0.630. The lowest BCUT2D eigenvalue weighted by Gasteiger charge is -2.20. The van der Waals surface area contributed by atoms with Gasteiger partial charge in [-0.2, -0.15) is 0 Å². The Labute approximate surface area is 95.5 Å². The Morgan fingerprint density at radius 2 is 2.13 bits per heavy atom. The number of rotatable bonds is 3. The van der Waals surface area contributed by atoms with Crippen LogP contribution < -0.4 is 0 Å². The molecule has 0 saturated heterocycles. The van der Waals surface area contributed by atoms with Gasteiger partial charge in [0, 0.05) is 6.42 Å². The first-order valence-electron chi connectivity index (χ1n) is 5.84. The van der Waals surface area contributed by atoms with Crippen LogP contribution in [0.4, 0.5) is 0 Å². The second-order valence-electron chi connectivity index (χ2n) is 4.56. The summed E-state index contributed by atoms with van der Waals surface area (Å²) in [4.78, 5) is 13.0. The molecule has 1 aliphatic rings. The maximum absolute atomic E-state index is 12.0. The molecule has 1 nitrogen and oxygen atoms in total. The van der Waals surface area contributed by atoms with Crippen molar-refractivity contribution in [1.82, 2.24) is 0 Å². The summed E-state index contributed by atoms with van der Waals surface area (Å²) < 4.78 is 0. The van der Waals surface area contributed by atoms with Crippen molar-refractivity contribution >= 4 is 17.1 Å². The molecule has 0 aliphatic heterocycles. The zero-order chi connectivity index (χ0) is 10.7. The maximum Gasteiger partial charge on any atom is 0.173 e. The molecule has 0 aromatic carbocycles. The molecule has 15 heavy (non-hydrogen) atoms. The lowest BCUT2D eigenvalue weighted by atomic mass is 9.85. The minimum absolute atomic E-state index is 0.370. The molecule has 1 heterocycles. The SMILES string of the molecule is Cc1ccsc1C(=O)CC1CCCCC1. The molecule has 0 radical (unpaired) electrons. The van der Waals surface area contributed by atoms with E-state index in [9.17, 15) is 4.79 Å². The Morgan fingerprint density at radius 3 is 2.73 bits per heavy atom. The second-order valence-corrected chi connectivity index (χ2v) is 5.48. The van der Waals surface area contributed by atoms with Crippen LogP contribution in [-0.4, -0.2) is 5.78 Å². The minimum Gasteiger partial charge on any atom is -0.293 e. The Bertz CT molecular complexity index is 334. The fourth-order valence-corrected chi connectivity index (χ4v) is 3.28. The first kappa shape index (κ1) is 10.9. The van der Waals surface area contributed by atoms with Crippen molar-refractivity contribution in [3.63, 3.8) is 0 Å². The summed E-state index contributed by atoms with van der Waals surface area (Å²) in [7, 11) is 0. The number of carbonyl (C=O) groups is 1. The summed E-state index contributed by atoms with van der Waals surface area (Å²) >= 11 is 1.60. The quantitative estimate of drug-likeness (QED) is 0.700. The van der Waals surface area contributed by atoms with Gasteiger partial charge in [-0.3, -0.25) is 4.79 Å². The number of aryl methyl sites for hydroxylation is 1. The van der Waals surface area contributed by atoms with Crippen molar-refractivity contribution in [1.29, 1.82) is 0 Å². The topological polar surface area (TPSA) is 17.1 Å². The van der Waals surface area contributed by atoms with Crippen LogP contribution in [-0.2, 0) is 0 Å². The zero-order valence-electron chi connectivity index (χ0n) is 9.29. The van der Waals surface area contributed by atoms with Crippen molar-refractivity contribution in [2.45, 2.75) is 45.4 Å². The summed E-state index contributed by atoms with van der Waals surface area (Å²) in [6.07, 6.45) is 7.30. The van der Waals surface area contributed by atoms with Crippen molar-refractivity contribution in [3.05, 3.63) is 21.9 Å². The number of ketones is 1. The van der Waals surface area contributed by atoms with E-state index >= 15 is 0 Å². The molecular weight excluding hydrogens is 204 g/mol. The van der Waals surface area contributed by atoms with Crippen LogP contribution >= 0.6 is 11.3 Å². The molecule has 0 atom stereocenters. The lowest BCUT2D eigenvalue weighted by Crippen LogP contribution is -2.11. The van der Waals surface area contributed by atoms with Gasteiger partial charge in [0.15, 0.2) is 5.78 Å². The molecule has 0 unspecified atom stereocenters. The summed E-state index contributed by atoms with van der Waals surface area (Å²) in [5, 5.41) is 2.02. The molecule has 82 valence electrons. The van der Waals surface area contributed by atoms with Crippen molar-refractivity contribution < 1.29 is 4.79 Å². The Balaban J connectivity index is 1.94. The average Bonchev–Trinajstić information content (AvgIpc) is 2.66. The molecule has 0 amide bonds. The van der Waals surface area contributed by atoms with Crippen molar-refractivity contribution in [2.24, 2.45) is 5.92 Å². The molecular formula is C13H18OS. The molecule has 0 bridgehead atoms. The van der Waals surface area contributed by atoms with Crippen LogP contribution in [0.2, 0.25) is 0 Å². The Morgan fingerprint density at radius 1 is 1.40 bits per heavy atom. The molecule has 2 heteroatoms. The largest absolute Gasteiger partial charge is 0.293 e. The van der Waals surface area contributed by atoms with Crippen molar-refractivity contribution in [3.8, 4) is 0 Å². The molecule has 1 saturated carbocycles. The third-order valence-electron chi connectivity index (χ3n) is 3.31. The third-order valence-corrected chi connectivity index (χ3v) is 4.37. The minimum atomic E-state index is 0.370. The van der Waals surface area contributed by atoms with Gasteiger partial charge in [0.05, 0.1) is 4.88 Å². The number of Topliss-reactive ketones (excluding diaryl/α,β-unsaturated/α-hetero) is 1. The van der Waals surface area contributed by atoms with Gasteiger partial charge in [-0.1, -0.05) is 32.1 Å². The zero-order valence-corrected chi connectivity index (χ0v) is 10.1. The van der Waals surface area contributed by atoms with E-state index in [-0.39, 0.29) is 0 Å². The molecule has 2 rings (SSSR count). The first-order chi connectivity index (χ1) is 7.27. The number of hydrogen-bond acceptors (Lipinski definition) is 2. The van der Waals surface area contributed by atoms with Gasteiger partial charge in [-0.15, -0.1) is 11.3 Å². The predicted molar refractivity (Wildman–Crippen MR) is 64.6 cm³/mol. The molecule has 0 spiro atoms. The van der Waals surface area contributed by atoms with E-state index in [2.05, 4.69) is 0 Å². The summed E-state index contributed by atoms with van der Waals surface area (Å²) in [6.45, 7) is 2.03. The highest BCUT2D eigenvalue weighted by molar-refractivity contribution is 7.12. The normalized spacial score (nSPS) is 17.9. The molecule has 1 aromatic rings. The second kappa shape index (κ2) is 4.93. The van der Waals surface area contributed by atoms with Gasteiger partial charge in [0.25, 0.3) is 0 Å². The van der Waals surface area contributed by atoms with Gasteiger partial charge in [0.2, 0.25) is 0 Å². The lowest BCUT2D eigenvalue weighted by molar-refractivity contribution is 0.0954. The standard InChI is InChI=1S/C13H18OS/c1-10-7-8-15-13(10)12(14)9-11-5-3-2-4-6-11/h7-8,11H,2-6,9H2,1H3. The van der Waals surface area contributed by atoms with Gasteiger partial charge in [-0.25, -0.2) is 0 Å². The number of thiophene rings is 1. The van der Waals surface area contributed by atoms with E-state index in [4.69, 9.17) is 0 Å². The van der Waals surface area contributed by atoms with Crippen LogP contribution in [0.5, 0.6) is 0 Å². The average molecular weight is 222 g/mol. The maximum atomic E-state index is 12.0. The van der Waals surface area contributed by atoms with Gasteiger partial charge >= 0.3 is 0 Å². The van der Waals surface area contributed by atoms with Crippen LogP contribution in [0.3, 0.4) is 0 Å². The number of carbonyl (C=O) groups excluding carboxylic acids is 1. The summed E-state index contributed by atoms with van der Waals surface area (Å²) in [6, 6.07) is 2.04. The van der Waals surface area contributed by atoms with E-state index in [1.54, 1.807) is 11.3 Å². The highest BCUT2D eigenvalue weighted by Crippen LogP contribution is 2.29. The predicted octanol–water partition coefficient (Wildman–Crippen LogP) is 4.21. The molecule has 1 aliphatic carbocycles.